The van der Waals surface area contributed by atoms with E-state index in [2.05, 4.69) is 13.8 Å². The fourth-order valence-electron chi connectivity index (χ4n) is 4.33. The highest BCUT2D eigenvalue weighted by molar-refractivity contribution is 5.66. The Morgan fingerprint density at radius 3 is 0.932 bits per heavy atom. The molecular weight excluding hydrogens is 560 g/mol. The predicted molar refractivity (Wildman–Crippen MR) is 180 cm³/mol. The number of allylic oxidation sites excluding steroid dienone is 4. The number of unbranched alkanes of at least 4 members (excludes halogenated alkanes) is 10. The van der Waals surface area contributed by atoms with E-state index in [0.29, 0.717) is 25.7 Å². The minimum Gasteiger partial charge on any atom is -0.481 e. The van der Waals surface area contributed by atoms with E-state index in [1.807, 2.05) is 0 Å². The molecule has 0 aliphatic rings. The van der Waals surface area contributed by atoms with E-state index >= 15 is 0 Å². The smallest absolute Gasteiger partial charge is 0.303 e. The maximum atomic E-state index is 10.3. The van der Waals surface area contributed by atoms with Crippen molar-refractivity contribution in [3.8, 4) is 0 Å². The molecule has 0 heterocycles. The van der Waals surface area contributed by atoms with E-state index in [9.17, 15) is 30.0 Å². The van der Waals surface area contributed by atoms with Crippen LogP contribution >= 0.6 is 0 Å². The number of aliphatic hydroxyl groups is 4. The summed E-state index contributed by atoms with van der Waals surface area (Å²) in [7, 11) is 0. The van der Waals surface area contributed by atoms with Gasteiger partial charge in [-0.3, -0.25) is 9.59 Å². The van der Waals surface area contributed by atoms with Crippen LogP contribution < -0.4 is 0 Å². The van der Waals surface area contributed by atoms with E-state index in [4.69, 9.17) is 10.2 Å². The summed E-state index contributed by atoms with van der Waals surface area (Å²) >= 11 is 0. The number of rotatable bonds is 28. The van der Waals surface area contributed by atoms with Crippen molar-refractivity contribution in [2.24, 2.45) is 0 Å². The molecule has 0 radical (unpaired) electrons. The monoisotopic (exact) mass is 624 g/mol. The van der Waals surface area contributed by atoms with Crippen molar-refractivity contribution in [2.45, 2.75) is 167 Å². The Balaban J connectivity index is 0. The molecule has 0 rings (SSSR count). The second kappa shape index (κ2) is 33.6. The van der Waals surface area contributed by atoms with Crippen LogP contribution in [0.25, 0.3) is 0 Å². The maximum Gasteiger partial charge on any atom is 0.303 e. The second-order valence-corrected chi connectivity index (χ2v) is 11.5. The summed E-state index contributed by atoms with van der Waals surface area (Å²) < 4.78 is 0. The van der Waals surface area contributed by atoms with Gasteiger partial charge < -0.3 is 30.6 Å². The summed E-state index contributed by atoms with van der Waals surface area (Å²) in [5.41, 5.74) is 0. The Hall–Kier alpha value is -2.26. The van der Waals surface area contributed by atoms with Crippen LogP contribution in [0.3, 0.4) is 0 Å². The summed E-state index contributed by atoms with van der Waals surface area (Å²) in [6.45, 7) is 4.27. The number of carbonyl (C=O) groups is 2. The van der Waals surface area contributed by atoms with E-state index < -0.39 is 36.4 Å². The normalized spacial score (nSPS) is 14.7. The zero-order chi connectivity index (χ0) is 33.3. The molecule has 0 bridgehead atoms. The highest BCUT2D eigenvalue weighted by Crippen LogP contribution is 2.10. The Labute approximate surface area is 267 Å². The molecular formula is C36H64O8. The molecule has 0 saturated heterocycles. The first-order chi connectivity index (χ1) is 21.1. The summed E-state index contributed by atoms with van der Waals surface area (Å²) in [6.07, 6.45) is 29.3. The SMILES string of the molecule is CCCCCC(O)C=CC=CC(O)CCCCCCC(=O)O.CCCCCC(O)C=CC=CC(O)CCCCCCC(=O)O. The molecule has 0 fully saturated rings. The third-order valence-electron chi connectivity index (χ3n) is 7.04. The second-order valence-electron chi connectivity index (χ2n) is 11.5. The molecule has 0 aromatic heterocycles. The Morgan fingerprint density at radius 2 is 0.682 bits per heavy atom. The predicted octanol–water partition coefficient (Wildman–Crippen LogP) is 7.65. The Morgan fingerprint density at radius 1 is 0.432 bits per heavy atom. The molecule has 44 heavy (non-hydrogen) atoms. The van der Waals surface area contributed by atoms with Crippen LogP contribution in [0.2, 0.25) is 0 Å². The number of hydrogen-bond acceptors (Lipinski definition) is 6. The molecule has 4 atom stereocenters. The van der Waals surface area contributed by atoms with Crippen LogP contribution in [0, 0.1) is 0 Å². The lowest BCUT2D eigenvalue weighted by Crippen LogP contribution is -2.02. The van der Waals surface area contributed by atoms with Crippen molar-refractivity contribution < 1.29 is 40.2 Å². The van der Waals surface area contributed by atoms with Gasteiger partial charge in [0.25, 0.3) is 0 Å². The minimum atomic E-state index is -0.744. The van der Waals surface area contributed by atoms with Gasteiger partial charge in [-0.05, 0) is 38.5 Å². The lowest BCUT2D eigenvalue weighted by molar-refractivity contribution is -0.138. The zero-order valence-electron chi connectivity index (χ0n) is 27.6. The van der Waals surface area contributed by atoms with Gasteiger partial charge in [-0.25, -0.2) is 0 Å². The van der Waals surface area contributed by atoms with Crippen molar-refractivity contribution in [3.05, 3.63) is 48.6 Å². The van der Waals surface area contributed by atoms with E-state index in [1.54, 1.807) is 48.6 Å². The van der Waals surface area contributed by atoms with Gasteiger partial charge in [0.1, 0.15) is 0 Å². The largest absolute Gasteiger partial charge is 0.481 e. The molecule has 0 amide bonds. The standard InChI is InChI=1S/2C18H32O4/c2*1-2-3-6-11-16(19)13-9-10-14-17(20)12-7-4-5-8-15-18(21)22/h2*9-10,13-14,16-17,19-20H,2-8,11-12,15H2,1H3,(H,21,22). The van der Waals surface area contributed by atoms with Crippen LogP contribution in [0.5, 0.6) is 0 Å². The number of carboxylic acid groups (broad SMARTS) is 2. The van der Waals surface area contributed by atoms with Gasteiger partial charge in [0.15, 0.2) is 0 Å². The van der Waals surface area contributed by atoms with Gasteiger partial charge in [-0.15, -0.1) is 0 Å². The fraction of sp³-hybridized carbons (Fsp3) is 0.722. The van der Waals surface area contributed by atoms with Gasteiger partial charge in [0.05, 0.1) is 24.4 Å². The van der Waals surface area contributed by atoms with Crippen molar-refractivity contribution in [2.75, 3.05) is 0 Å². The van der Waals surface area contributed by atoms with Crippen LogP contribution in [0.1, 0.15) is 142 Å². The van der Waals surface area contributed by atoms with Gasteiger partial charge >= 0.3 is 11.9 Å². The van der Waals surface area contributed by atoms with Gasteiger partial charge in [0, 0.05) is 12.8 Å². The quantitative estimate of drug-likeness (QED) is 0.0383. The summed E-state index contributed by atoms with van der Waals surface area (Å²) in [5, 5.41) is 55.9. The minimum absolute atomic E-state index is 0.230. The molecule has 4 unspecified atom stereocenters. The first kappa shape index (κ1) is 43.9. The van der Waals surface area contributed by atoms with Crippen molar-refractivity contribution in [1.29, 1.82) is 0 Å². The van der Waals surface area contributed by atoms with Crippen LogP contribution in [-0.4, -0.2) is 67.0 Å². The average Bonchev–Trinajstić information content (AvgIpc) is 2.97. The lowest BCUT2D eigenvalue weighted by Gasteiger charge is -2.05. The maximum absolute atomic E-state index is 10.3. The molecule has 0 aliphatic carbocycles. The Kier molecular flexibility index (Phi) is 33.5. The molecule has 0 aliphatic heterocycles. The first-order valence-corrected chi connectivity index (χ1v) is 17.0. The zero-order valence-corrected chi connectivity index (χ0v) is 27.6. The average molecular weight is 625 g/mol. The summed E-state index contributed by atoms with van der Waals surface area (Å²) in [6, 6.07) is 0. The van der Waals surface area contributed by atoms with Gasteiger partial charge in [-0.2, -0.15) is 0 Å². The van der Waals surface area contributed by atoms with Crippen molar-refractivity contribution in [3.63, 3.8) is 0 Å². The van der Waals surface area contributed by atoms with Crippen LogP contribution in [0.4, 0.5) is 0 Å². The molecule has 0 saturated carbocycles. The lowest BCUT2D eigenvalue weighted by atomic mass is 10.1. The summed E-state index contributed by atoms with van der Waals surface area (Å²) in [5.74, 6) is -1.49. The van der Waals surface area contributed by atoms with Crippen molar-refractivity contribution >= 4 is 11.9 Å². The molecule has 8 heteroatoms. The first-order valence-electron chi connectivity index (χ1n) is 17.0. The molecule has 6 N–H and O–H groups in total. The molecule has 0 aromatic rings. The molecule has 0 spiro atoms. The molecule has 8 nitrogen and oxygen atoms in total. The van der Waals surface area contributed by atoms with Crippen molar-refractivity contribution in [1.82, 2.24) is 0 Å². The van der Waals surface area contributed by atoms with E-state index in [0.717, 1.165) is 89.9 Å². The topological polar surface area (TPSA) is 156 Å². The van der Waals surface area contributed by atoms with Crippen LogP contribution in [-0.2, 0) is 9.59 Å². The number of carboxylic acids is 2. The van der Waals surface area contributed by atoms with E-state index in [-0.39, 0.29) is 12.8 Å². The van der Waals surface area contributed by atoms with Crippen LogP contribution in [0.15, 0.2) is 48.6 Å². The van der Waals surface area contributed by atoms with Gasteiger partial charge in [-0.1, -0.05) is 140 Å². The van der Waals surface area contributed by atoms with Gasteiger partial charge in [0.2, 0.25) is 0 Å². The molecule has 0 aromatic carbocycles. The Bertz CT molecular complexity index is 710. The highest BCUT2D eigenvalue weighted by atomic mass is 16.4. The molecule has 256 valence electrons. The third-order valence-corrected chi connectivity index (χ3v) is 7.04. The highest BCUT2D eigenvalue weighted by Gasteiger charge is 2.02. The van der Waals surface area contributed by atoms with E-state index in [1.165, 1.54) is 0 Å². The number of aliphatic carboxylic acids is 2. The fourth-order valence-corrected chi connectivity index (χ4v) is 4.33. The third kappa shape index (κ3) is 37.8. The number of hydrogen-bond donors (Lipinski definition) is 6. The summed E-state index contributed by atoms with van der Waals surface area (Å²) in [4.78, 5) is 20.7. The number of aliphatic hydroxyl groups excluding tert-OH is 4.